The molecule has 0 saturated carbocycles. The van der Waals surface area contributed by atoms with Crippen LogP contribution in [0.1, 0.15) is 17.2 Å². The summed E-state index contributed by atoms with van der Waals surface area (Å²) >= 11 is 6.15. The van der Waals surface area contributed by atoms with Crippen LogP contribution in [0.2, 0.25) is 5.02 Å². The third-order valence-corrected chi connectivity index (χ3v) is 3.62. The van der Waals surface area contributed by atoms with E-state index in [1.807, 2.05) is 47.6 Å². The van der Waals surface area contributed by atoms with Gasteiger partial charge in [0.2, 0.25) is 0 Å². The van der Waals surface area contributed by atoms with Crippen molar-refractivity contribution in [2.24, 2.45) is 10.8 Å². The van der Waals surface area contributed by atoms with E-state index in [-0.39, 0.29) is 6.04 Å². The van der Waals surface area contributed by atoms with Gasteiger partial charge in [0.15, 0.2) is 0 Å². The molecule has 0 aromatic heterocycles. The normalized spacial score (nSPS) is 18.6. The monoisotopic (exact) mass is 286 g/mol. The molecule has 1 unspecified atom stereocenters. The quantitative estimate of drug-likeness (QED) is 0.659. The number of aliphatic imine (C=N–C) groups is 1. The molecule has 102 valence electrons. The predicted octanol–water partition coefficient (Wildman–Crippen LogP) is 2.83. The summed E-state index contributed by atoms with van der Waals surface area (Å²) in [5.41, 5.74) is 5.85. The van der Waals surface area contributed by atoms with Crippen LogP contribution in [0, 0.1) is 0 Å². The van der Waals surface area contributed by atoms with Gasteiger partial charge < -0.3 is 0 Å². The number of rotatable bonds is 2. The second kappa shape index (κ2) is 5.73. The Hall–Kier alpha value is -1.72. The van der Waals surface area contributed by atoms with Gasteiger partial charge >= 0.3 is 0 Å². The molecule has 0 radical (unpaired) electrons. The van der Waals surface area contributed by atoms with E-state index in [9.17, 15) is 0 Å². The molecule has 4 nitrogen and oxygen atoms in total. The summed E-state index contributed by atoms with van der Waals surface area (Å²) in [5.74, 6) is 5.68. The zero-order valence-electron chi connectivity index (χ0n) is 10.8. The minimum atomic E-state index is -0.0302. The Balaban J connectivity index is 2.16. The highest BCUT2D eigenvalue weighted by atomic mass is 35.5. The molecule has 0 amide bonds. The summed E-state index contributed by atoms with van der Waals surface area (Å²) in [5, 5.41) is 2.62. The first-order valence-corrected chi connectivity index (χ1v) is 6.77. The Bertz CT molecular complexity index is 627. The lowest BCUT2D eigenvalue weighted by Gasteiger charge is -2.29. The molecular weight excluding hydrogens is 272 g/mol. The van der Waals surface area contributed by atoms with Gasteiger partial charge in [-0.1, -0.05) is 41.9 Å². The van der Waals surface area contributed by atoms with Gasteiger partial charge in [-0.15, -0.1) is 0 Å². The van der Waals surface area contributed by atoms with E-state index >= 15 is 0 Å². The minimum Gasteiger partial charge on any atom is -0.259 e. The number of hydrogen-bond acceptors (Lipinski definition) is 4. The van der Waals surface area contributed by atoms with Gasteiger partial charge in [0.1, 0.15) is 0 Å². The van der Waals surface area contributed by atoms with Crippen molar-refractivity contribution in [1.29, 1.82) is 0 Å². The molecule has 2 aromatic rings. The van der Waals surface area contributed by atoms with Gasteiger partial charge in [0.05, 0.1) is 18.3 Å². The number of nitrogens with two attached hydrogens (primary N) is 1. The van der Waals surface area contributed by atoms with Gasteiger partial charge in [-0.25, -0.2) is 5.01 Å². The number of hydrazine groups is 2. The van der Waals surface area contributed by atoms with E-state index < -0.39 is 0 Å². The number of fused-ring (bicyclic) bond motifs is 1. The van der Waals surface area contributed by atoms with Gasteiger partial charge in [-0.2, -0.15) is 5.53 Å². The van der Waals surface area contributed by atoms with Crippen LogP contribution in [0.3, 0.4) is 0 Å². The molecule has 0 spiro atoms. The largest absolute Gasteiger partial charge is 0.259 e. The van der Waals surface area contributed by atoms with Crippen LogP contribution >= 0.6 is 11.6 Å². The topological polar surface area (TPSA) is 53.6 Å². The van der Waals surface area contributed by atoms with Gasteiger partial charge in [-0.3, -0.25) is 10.8 Å². The summed E-state index contributed by atoms with van der Waals surface area (Å²) in [7, 11) is 0. The highest BCUT2D eigenvalue weighted by Gasteiger charge is 2.25. The van der Waals surface area contributed by atoms with Gasteiger partial charge in [-0.05, 0) is 23.8 Å². The third kappa shape index (κ3) is 2.46. The van der Waals surface area contributed by atoms with Crippen LogP contribution in [-0.4, -0.2) is 17.8 Å². The Kier molecular flexibility index (Phi) is 3.80. The van der Waals surface area contributed by atoms with E-state index in [1.54, 1.807) is 0 Å². The summed E-state index contributed by atoms with van der Waals surface area (Å²) < 4.78 is 0. The fourth-order valence-electron chi connectivity index (χ4n) is 2.48. The fraction of sp³-hybridized carbons (Fsp3) is 0.133. The highest BCUT2D eigenvalue weighted by molar-refractivity contribution is 6.30. The van der Waals surface area contributed by atoms with E-state index in [0.29, 0.717) is 11.6 Å². The molecule has 2 aromatic carbocycles. The third-order valence-electron chi connectivity index (χ3n) is 3.39. The van der Waals surface area contributed by atoms with E-state index in [0.717, 1.165) is 16.8 Å². The average molecular weight is 287 g/mol. The smallest absolute Gasteiger partial charge is 0.0781 e. The Morgan fingerprint density at radius 3 is 2.75 bits per heavy atom. The molecule has 0 saturated heterocycles. The number of hydrogen-bond donors (Lipinski definition) is 2. The van der Waals surface area contributed by atoms with Crippen molar-refractivity contribution in [2.75, 3.05) is 6.54 Å². The first kappa shape index (κ1) is 13.3. The molecule has 1 aliphatic rings. The molecule has 1 aliphatic heterocycles. The van der Waals surface area contributed by atoms with Crippen LogP contribution in [0.4, 0.5) is 5.69 Å². The Labute approximate surface area is 122 Å². The molecule has 3 rings (SSSR count). The number of nitrogens with one attached hydrogen (secondary N) is 1. The lowest BCUT2D eigenvalue weighted by atomic mass is 9.97. The Morgan fingerprint density at radius 2 is 2.00 bits per heavy atom. The lowest BCUT2D eigenvalue weighted by Crippen LogP contribution is -2.46. The van der Waals surface area contributed by atoms with Crippen molar-refractivity contribution in [1.82, 2.24) is 10.5 Å². The van der Waals surface area contributed by atoms with Crippen molar-refractivity contribution in [2.45, 2.75) is 6.04 Å². The first-order chi connectivity index (χ1) is 9.79. The van der Waals surface area contributed by atoms with Crippen LogP contribution < -0.4 is 11.4 Å². The van der Waals surface area contributed by atoms with Crippen LogP contribution in [0.25, 0.3) is 0 Å². The first-order valence-electron chi connectivity index (χ1n) is 6.39. The fourth-order valence-corrected chi connectivity index (χ4v) is 2.67. The maximum Gasteiger partial charge on any atom is 0.0781 e. The van der Waals surface area contributed by atoms with Crippen molar-refractivity contribution in [3.63, 3.8) is 0 Å². The van der Waals surface area contributed by atoms with E-state index in [4.69, 9.17) is 17.4 Å². The number of halogens is 1. The van der Waals surface area contributed by atoms with Crippen LogP contribution in [0.15, 0.2) is 53.5 Å². The average Bonchev–Trinajstić information content (AvgIpc) is 2.66. The van der Waals surface area contributed by atoms with Crippen molar-refractivity contribution < 1.29 is 0 Å². The molecule has 20 heavy (non-hydrogen) atoms. The number of benzene rings is 2. The molecule has 0 bridgehead atoms. The summed E-state index contributed by atoms with van der Waals surface area (Å²) in [6, 6.07) is 15.9. The maximum absolute atomic E-state index is 6.15. The zero-order chi connectivity index (χ0) is 13.9. The molecule has 5 heteroatoms. The molecular formula is C15H15ClN4. The summed E-state index contributed by atoms with van der Waals surface area (Å²) in [4.78, 5) is 4.48. The standard InChI is InChI=1S/C15H15ClN4/c16-12-6-7-14-13(10-12)15(11-4-2-1-3-5-11)20(19-17)9-8-18-14/h1-8,10,15,19H,9,17H2. The SMILES string of the molecule is NNN1CC=Nc2ccc(Cl)cc2C1c1ccccc1. The summed E-state index contributed by atoms with van der Waals surface area (Å²) in [6.45, 7) is 0.613. The molecule has 1 atom stereocenters. The van der Waals surface area contributed by atoms with E-state index in [2.05, 4.69) is 22.7 Å². The zero-order valence-corrected chi connectivity index (χ0v) is 11.6. The number of nitrogens with zero attached hydrogens (tertiary/aromatic N) is 2. The van der Waals surface area contributed by atoms with Gasteiger partial charge in [0, 0.05) is 16.8 Å². The maximum atomic E-state index is 6.15. The highest BCUT2D eigenvalue weighted by Crippen LogP contribution is 2.36. The van der Waals surface area contributed by atoms with Crippen molar-refractivity contribution >= 4 is 23.5 Å². The predicted molar refractivity (Wildman–Crippen MR) is 81.9 cm³/mol. The second-order valence-corrected chi connectivity index (χ2v) is 5.05. The van der Waals surface area contributed by atoms with Crippen molar-refractivity contribution in [3.05, 3.63) is 64.7 Å². The van der Waals surface area contributed by atoms with Crippen LogP contribution in [-0.2, 0) is 0 Å². The van der Waals surface area contributed by atoms with Crippen LogP contribution in [0.5, 0.6) is 0 Å². The molecule has 1 heterocycles. The lowest BCUT2D eigenvalue weighted by molar-refractivity contribution is 0.177. The van der Waals surface area contributed by atoms with Crippen molar-refractivity contribution in [3.8, 4) is 0 Å². The van der Waals surface area contributed by atoms with E-state index in [1.165, 1.54) is 0 Å². The minimum absolute atomic E-state index is 0.0302. The Morgan fingerprint density at radius 1 is 1.20 bits per heavy atom. The molecule has 3 N–H and O–H groups in total. The molecule has 0 fully saturated rings. The molecule has 0 aliphatic carbocycles. The van der Waals surface area contributed by atoms with Gasteiger partial charge in [0.25, 0.3) is 0 Å². The second-order valence-electron chi connectivity index (χ2n) is 4.61. The summed E-state index contributed by atoms with van der Waals surface area (Å²) in [6.07, 6.45) is 1.84.